The highest BCUT2D eigenvalue weighted by atomic mass is 16.3. The fraction of sp³-hybridized carbons (Fsp3) is 0.474. The fourth-order valence-corrected chi connectivity index (χ4v) is 3.42. The molecule has 3 rings (SSSR count). The molecule has 5 nitrogen and oxygen atoms in total. The standard InChI is InChI=1S/C19H25N3O2/c1-19(10-5-4-8-17(19)23)13-22-18(24)21-12-14-9-11-20-16-7-3-2-6-15(14)16/h2-3,6-7,9,11,17,23H,4-5,8,10,12-13H2,1H3,(H2,21,22,24). The first-order valence-electron chi connectivity index (χ1n) is 8.61. The molecule has 2 aromatic rings. The lowest BCUT2D eigenvalue weighted by atomic mass is 9.73. The summed E-state index contributed by atoms with van der Waals surface area (Å²) in [5.41, 5.74) is 1.74. The molecule has 0 spiro atoms. The van der Waals surface area contributed by atoms with E-state index >= 15 is 0 Å². The van der Waals surface area contributed by atoms with Gasteiger partial charge in [0.25, 0.3) is 0 Å². The first kappa shape index (κ1) is 16.7. The minimum atomic E-state index is -0.337. The Hall–Kier alpha value is -2.14. The van der Waals surface area contributed by atoms with Crippen LogP contribution < -0.4 is 10.6 Å². The molecule has 1 aliphatic rings. The summed E-state index contributed by atoms with van der Waals surface area (Å²) in [5.74, 6) is 0. The van der Waals surface area contributed by atoms with Gasteiger partial charge in [-0.3, -0.25) is 4.98 Å². The van der Waals surface area contributed by atoms with Crippen LogP contribution in [-0.2, 0) is 6.54 Å². The number of carbonyl (C=O) groups is 1. The Morgan fingerprint density at radius 3 is 2.96 bits per heavy atom. The zero-order valence-electron chi connectivity index (χ0n) is 14.1. The molecule has 0 aliphatic heterocycles. The van der Waals surface area contributed by atoms with Crippen molar-refractivity contribution < 1.29 is 9.90 Å². The number of amides is 2. The SMILES string of the molecule is CC1(CNC(=O)NCc2ccnc3ccccc23)CCCCC1O. The van der Waals surface area contributed by atoms with Crippen LogP contribution in [-0.4, -0.2) is 28.8 Å². The lowest BCUT2D eigenvalue weighted by Gasteiger charge is -2.38. The lowest BCUT2D eigenvalue weighted by Crippen LogP contribution is -2.47. The topological polar surface area (TPSA) is 74.2 Å². The van der Waals surface area contributed by atoms with E-state index in [2.05, 4.69) is 15.6 Å². The van der Waals surface area contributed by atoms with Crippen molar-refractivity contribution in [3.8, 4) is 0 Å². The van der Waals surface area contributed by atoms with Crippen LogP contribution >= 0.6 is 0 Å². The van der Waals surface area contributed by atoms with E-state index in [4.69, 9.17) is 0 Å². The Bertz CT molecular complexity index is 713. The summed E-state index contributed by atoms with van der Waals surface area (Å²) in [6.45, 7) is 3.00. The van der Waals surface area contributed by atoms with Crippen molar-refractivity contribution in [2.24, 2.45) is 5.41 Å². The molecule has 2 unspecified atom stereocenters. The van der Waals surface area contributed by atoms with Gasteiger partial charge in [0.1, 0.15) is 0 Å². The predicted octanol–water partition coefficient (Wildman–Crippen LogP) is 2.98. The highest BCUT2D eigenvalue weighted by Gasteiger charge is 2.35. The quantitative estimate of drug-likeness (QED) is 0.808. The third-order valence-electron chi connectivity index (χ3n) is 5.11. The maximum Gasteiger partial charge on any atom is 0.315 e. The molecule has 128 valence electrons. The zero-order chi connectivity index (χ0) is 17.0. The maximum atomic E-state index is 12.1. The number of nitrogens with one attached hydrogen (secondary N) is 2. The third-order valence-corrected chi connectivity index (χ3v) is 5.11. The molecule has 24 heavy (non-hydrogen) atoms. The second-order valence-electron chi connectivity index (χ2n) is 6.94. The highest BCUT2D eigenvalue weighted by Crippen LogP contribution is 2.35. The summed E-state index contributed by atoms with van der Waals surface area (Å²) in [4.78, 5) is 16.5. The van der Waals surface area contributed by atoms with Gasteiger partial charge in [0.15, 0.2) is 0 Å². The first-order chi connectivity index (χ1) is 11.6. The number of aromatic nitrogens is 1. The summed E-state index contributed by atoms with van der Waals surface area (Å²) >= 11 is 0. The Kier molecular flexibility index (Phi) is 5.00. The van der Waals surface area contributed by atoms with Gasteiger partial charge >= 0.3 is 6.03 Å². The molecule has 3 N–H and O–H groups in total. The van der Waals surface area contributed by atoms with Crippen molar-refractivity contribution >= 4 is 16.9 Å². The van der Waals surface area contributed by atoms with Crippen LogP contribution in [0.3, 0.4) is 0 Å². The molecule has 1 fully saturated rings. The van der Waals surface area contributed by atoms with Gasteiger partial charge < -0.3 is 15.7 Å². The number of urea groups is 1. The van der Waals surface area contributed by atoms with Gasteiger partial charge in [0.2, 0.25) is 0 Å². The number of carbonyl (C=O) groups excluding carboxylic acids is 1. The average molecular weight is 327 g/mol. The van der Waals surface area contributed by atoms with Crippen molar-refractivity contribution in [3.05, 3.63) is 42.1 Å². The van der Waals surface area contributed by atoms with Crippen LogP contribution in [0.4, 0.5) is 4.79 Å². The summed E-state index contributed by atoms with van der Waals surface area (Å²) in [7, 11) is 0. The van der Waals surface area contributed by atoms with Crippen LogP contribution in [0.15, 0.2) is 36.5 Å². The van der Waals surface area contributed by atoms with Gasteiger partial charge in [-0.1, -0.05) is 38.0 Å². The molecule has 2 atom stereocenters. The number of aliphatic hydroxyl groups is 1. The lowest BCUT2D eigenvalue weighted by molar-refractivity contribution is 0.00309. The molecule has 1 aromatic heterocycles. The average Bonchev–Trinajstić information content (AvgIpc) is 2.61. The van der Waals surface area contributed by atoms with Crippen LogP contribution in [0.25, 0.3) is 10.9 Å². The Morgan fingerprint density at radius 2 is 2.12 bits per heavy atom. The van der Waals surface area contributed by atoms with E-state index in [1.807, 2.05) is 37.3 Å². The van der Waals surface area contributed by atoms with E-state index in [0.29, 0.717) is 13.1 Å². The molecule has 0 saturated heterocycles. The number of hydrogen-bond acceptors (Lipinski definition) is 3. The second-order valence-corrected chi connectivity index (χ2v) is 6.94. The van der Waals surface area contributed by atoms with E-state index in [0.717, 1.165) is 42.1 Å². The monoisotopic (exact) mass is 327 g/mol. The van der Waals surface area contributed by atoms with Crippen LogP contribution in [0.2, 0.25) is 0 Å². The van der Waals surface area contributed by atoms with Gasteiger partial charge in [-0.2, -0.15) is 0 Å². The van der Waals surface area contributed by atoms with Gasteiger partial charge in [-0.15, -0.1) is 0 Å². The molecule has 1 saturated carbocycles. The molecule has 0 bridgehead atoms. The normalized spacial score (nSPS) is 23.8. The van der Waals surface area contributed by atoms with Gasteiger partial charge in [-0.25, -0.2) is 4.79 Å². The number of aliphatic hydroxyl groups excluding tert-OH is 1. The highest BCUT2D eigenvalue weighted by molar-refractivity contribution is 5.82. The summed E-state index contributed by atoms with van der Waals surface area (Å²) < 4.78 is 0. The summed E-state index contributed by atoms with van der Waals surface area (Å²) in [6, 6.07) is 9.62. The molecule has 1 aromatic carbocycles. The number of benzene rings is 1. The second kappa shape index (κ2) is 7.18. The van der Waals surface area contributed by atoms with E-state index < -0.39 is 0 Å². The summed E-state index contributed by atoms with van der Waals surface area (Å²) in [6.07, 6.45) is 5.37. The minimum Gasteiger partial charge on any atom is -0.392 e. The Labute approximate surface area is 142 Å². The van der Waals surface area contributed by atoms with Gasteiger partial charge in [-0.05, 0) is 30.5 Å². The number of hydrogen-bond donors (Lipinski definition) is 3. The smallest absolute Gasteiger partial charge is 0.315 e. The molecule has 1 aliphatic carbocycles. The van der Waals surface area contributed by atoms with Gasteiger partial charge in [0.05, 0.1) is 11.6 Å². The molecular weight excluding hydrogens is 302 g/mol. The Morgan fingerprint density at radius 1 is 1.29 bits per heavy atom. The van der Waals surface area contributed by atoms with Crippen LogP contribution in [0.1, 0.15) is 38.2 Å². The molecule has 5 heteroatoms. The number of fused-ring (bicyclic) bond motifs is 1. The number of rotatable bonds is 4. The van der Waals surface area contributed by atoms with Crippen LogP contribution in [0.5, 0.6) is 0 Å². The molecular formula is C19H25N3O2. The largest absolute Gasteiger partial charge is 0.392 e. The predicted molar refractivity (Wildman–Crippen MR) is 94.6 cm³/mol. The van der Waals surface area contributed by atoms with E-state index in [1.165, 1.54) is 0 Å². The third kappa shape index (κ3) is 3.67. The summed E-state index contributed by atoms with van der Waals surface area (Å²) in [5, 5.41) is 17.1. The van der Waals surface area contributed by atoms with Crippen molar-refractivity contribution in [3.63, 3.8) is 0 Å². The van der Waals surface area contributed by atoms with E-state index in [-0.39, 0.29) is 17.6 Å². The zero-order valence-corrected chi connectivity index (χ0v) is 14.1. The van der Waals surface area contributed by atoms with Crippen molar-refractivity contribution in [2.75, 3.05) is 6.54 Å². The number of pyridine rings is 1. The van der Waals surface area contributed by atoms with Gasteiger partial charge in [0, 0.05) is 30.1 Å². The Balaban J connectivity index is 1.55. The fourth-order valence-electron chi connectivity index (χ4n) is 3.42. The van der Waals surface area contributed by atoms with E-state index in [9.17, 15) is 9.90 Å². The maximum absolute atomic E-state index is 12.1. The van der Waals surface area contributed by atoms with Crippen molar-refractivity contribution in [1.82, 2.24) is 15.6 Å². The number of nitrogens with zero attached hydrogens (tertiary/aromatic N) is 1. The minimum absolute atomic E-state index is 0.199. The first-order valence-corrected chi connectivity index (χ1v) is 8.61. The number of para-hydroxylation sites is 1. The van der Waals surface area contributed by atoms with Crippen LogP contribution in [0, 0.1) is 5.41 Å². The molecule has 2 amide bonds. The van der Waals surface area contributed by atoms with Crippen molar-refractivity contribution in [2.45, 2.75) is 45.3 Å². The molecule has 1 heterocycles. The van der Waals surface area contributed by atoms with Crippen molar-refractivity contribution in [1.29, 1.82) is 0 Å². The molecule has 0 radical (unpaired) electrons. The van der Waals surface area contributed by atoms with E-state index in [1.54, 1.807) is 6.20 Å².